The number of nitro benzene ring substituents is 1. The van der Waals surface area contributed by atoms with Crippen LogP contribution in [0.4, 0.5) is 10.5 Å². The number of fused-ring (bicyclic) bond motifs is 1. The van der Waals surface area contributed by atoms with Gasteiger partial charge in [0, 0.05) is 18.1 Å². The van der Waals surface area contributed by atoms with E-state index in [9.17, 15) is 14.9 Å². The third kappa shape index (κ3) is 8.16. The maximum atomic E-state index is 12.5. The van der Waals surface area contributed by atoms with E-state index in [1.807, 2.05) is 27.7 Å². The molecule has 1 fully saturated rings. The Labute approximate surface area is 230 Å². The van der Waals surface area contributed by atoms with Gasteiger partial charge in [0.1, 0.15) is 26.7 Å². The molecule has 1 aromatic rings. The molecule has 3 rings (SSSR count). The molecule has 212 valence electrons. The van der Waals surface area contributed by atoms with Gasteiger partial charge in [-0.2, -0.15) is 5.26 Å². The second kappa shape index (κ2) is 14.1. The van der Waals surface area contributed by atoms with Gasteiger partial charge in [0.05, 0.1) is 41.8 Å². The number of nitro groups is 1. The lowest BCUT2D eigenvalue weighted by Crippen LogP contribution is -2.37. The molecule has 1 aromatic carbocycles. The first-order chi connectivity index (χ1) is 18.5. The molecular weight excluding hydrogens is 532 g/mol. The lowest BCUT2D eigenvalue weighted by molar-refractivity contribution is -0.386. The molecule has 0 aromatic heterocycles. The highest BCUT2D eigenvalue weighted by atomic mass is 31.2. The average molecular weight is 565 g/mol. The van der Waals surface area contributed by atoms with Crippen molar-refractivity contribution in [1.82, 2.24) is 4.67 Å². The molecule has 13 nitrogen and oxygen atoms in total. The summed E-state index contributed by atoms with van der Waals surface area (Å²) in [4.78, 5) is 23.5. The van der Waals surface area contributed by atoms with Gasteiger partial charge in [-0.1, -0.05) is 0 Å². The molecule has 0 N–H and O–H groups in total. The molecule has 0 saturated carbocycles. The van der Waals surface area contributed by atoms with Gasteiger partial charge in [-0.15, -0.1) is 0 Å². The van der Waals surface area contributed by atoms with Crippen LogP contribution < -0.4 is 9.47 Å². The summed E-state index contributed by atoms with van der Waals surface area (Å²) < 4.78 is 41.1. The average Bonchev–Trinajstić information content (AvgIpc) is 3.46. The van der Waals surface area contributed by atoms with Gasteiger partial charge >= 0.3 is 6.16 Å². The van der Waals surface area contributed by atoms with Crippen molar-refractivity contribution in [2.45, 2.75) is 83.9 Å². The molecule has 5 unspecified atom stereocenters. The maximum absolute atomic E-state index is 12.5. The first kappa shape index (κ1) is 30.9. The molecule has 2 radical (unpaired) electrons. The number of nitrogens with zero attached hydrogens (tertiary/aromatic N) is 3. The van der Waals surface area contributed by atoms with Gasteiger partial charge < -0.3 is 32.7 Å². The third-order valence-corrected chi connectivity index (χ3v) is 8.07. The molecule has 2 heterocycles. The van der Waals surface area contributed by atoms with E-state index in [2.05, 4.69) is 10.7 Å². The van der Waals surface area contributed by atoms with Crippen LogP contribution in [0.25, 0.3) is 0 Å². The largest absolute Gasteiger partial charge is 0.508 e. The van der Waals surface area contributed by atoms with Gasteiger partial charge in [-0.3, -0.25) is 10.1 Å². The Morgan fingerprint density at radius 2 is 1.92 bits per heavy atom. The quantitative estimate of drug-likeness (QED) is 0.0828. The van der Waals surface area contributed by atoms with E-state index in [0.29, 0.717) is 12.2 Å². The van der Waals surface area contributed by atoms with E-state index in [0.717, 1.165) is 0 Å². The fourth-order valence-corrected chi connectivity index (χ4v) is 6.00. The van der Waals surface area contributed by atoms with Crippen molar-refractivity contribution < 1.29 is 42.4 Å². The Balaban J connectivity index is 1.63. The summed E-state index contributed by atoms with van der Waals surface area (Å²) >= 11 is 0. The lowest BCUT2D eigenvalue weighted by Gasteiger charge is -2.37. The zero-order valence-electron chi connectivity index (χ0n) is 22.6. The van der Waals surface area contributed by atoms with Crippen molar-refractivity contribution in [3.63, 3.8) is 0 Å². The lowest BCUT2D eigenvalue weighted by atomic mass is 9.96. The predicted molar refractivity (Wildman–Crippen MR) is 139 cm³/mol. The number of carbonyl (C=O) groups excluding carboxylic acids is 1. The number of rotatable bonds is 13. The standard InChI is InChI=1S/C24H33BN3O10P/c1-14(2)27(15(3)4)39(35-8-6-7-26)38-21-11-23(25)37-22(21)12-32-24(29)36-16(5)17-9-19-20(34-13-33-19)10-18(17)28(30)31/h9-10,14-16,21-23H,6,8,11-13H2,1-5H3. The second-order valence-corrected chi connectivity index (χ2v) is 10.9. The Morgan fingerprint density at radius 1 is 1.26 bits per heavy atom. The minimum atomic E-state index is -1.57. The van der Waals surface area contributed by atoms with Gasteiger partial charge in [-0.05, 0) is 47.1 Å². The molecule has 2 aliphatic heterocycles. The number of benzene rings is 1. The van der Waals surface area contributed by atoms with Crippen molar-refractivity contribution >= 4 is 28.2 Å². The molecular formula is C24H33BN3O10P. The van der Waals surface area contributed by atoms with Crippen LogP contribution in [0.3, 0.4) is 0 Å². The van der Waals surface area contributed by atoms with Crippen molar-refractivity contribution in [2.75, 3.05) is 20.0 Å². The number of hydrogen-bond donors (Lipinski definition) is 0. The Hall–Kier alpha value is -2.69. The summed E-state index contributed by atoms with van der Waals surface area (Å²) in [5.74, 6) is 0.559. The molecule has 2 aliphatic rings. The first-order valence-corrected chi connectivity index (χ1v) is 13.7. The van der Waals surface area contributed by atoms with Crippen LogP contribution in [0.5, 0.6) is 11.5 Å². The zero-order chi connectivity index (χ0) is 28.7. The van der Waals surface area contributed by atoms with Crippen LogP contribution in [0.1, 0.15) is 59.1 Å². The third-order valence-electron chi connectivity index (χ3n) is 5.91. The van der Waals surface area contributed by atoms with Crippen LogP contribution in [0.15, 0.2) is 12.1 Å². The molecule has 0 spiro atoms. The van der Waals surface area contributed by atoms with E-state index in [1.165, 1.54) is 19.1 Å². The van der Waals surface area contributed by atoms with Crippen molar-refractivity contribution in [2.24, 2.45) is 0 Å². The zero-order valence-corrected chi connectivity index (χ0v) is 23.5. The summed E-state index contributed by atoms with van der Waals surface area (Å²) in [6.45, 7) is 9.48. The van der Waals surface area contributed by atoms with Crippen molar-refractivity contribution in [3.8, 4) is 17.6 Å². The van der Waals surface area contributed by atoms with Crippen LogP contribution in [0, 0.1) is 21.4 Å². The fraction of sp³-hybridized carbons (Fsp3) is 0.667. The maximum Gasteiger partial charge on any atom is 0.508 e. The van der Waals surface area contributed by atoms with E-state index in [-0.39, 0.29) is 55.5 Å². The molecule has 1 saturated heterocycles. The van der Waals surface area contributed by atoms with Gasteiger partial charge in [-0.25, -0.2) is 9.46 Å². The molecule has 0 aliphatic carbocycles. The van der Waals surface area contributed by atoms with Gasteiger partial charge in [0.25, 0.3) is 14.2 Å². The highest BCUT2D eigenvalue weighted by Gasteiger charge is 2.39. The minimum absolute atomic E-state index is 0.0579. The van der Waals surface area contributed by atoms with Crippen LogP contribution >= 0.6 is 8.53 Å². The summed E-state index contributed by atoms with van der Waals surface area (Å²) in [6, 6.07) is 4.25. The molecule has 0 bridgehead atoms. The van der Waals surface area contributed by atoms with Crippen LogP contribution in [-0.4, -0.2) is 73.9 Å². The Morgan fingerprint density at radius 3 is 2.54 bits per heavy atom. The molecule has 15 heteroatoms. The summed E-state index contributed by atoms with van der Waals surface area (Å²) in [5, 5.41) is 20.5. The topological polar surface area (TPSA) is 152 Å². The summed E-state index contributed by atoms with van der Waals surface area (Å²) in [7, 11) is 4.45. The summed E-state index contributed by atoms with van der Waals surface area (Å²) in [6.07, 6.45) is -2.76. The summed E-state index contributed by atoms with van der Waals surface area (Å²) in [5.41, 5.74) is -0.146. The van der Waals surface area contributed by atoms with Crippen LogP contribution in [-0.2, 0) is 23.3 Å². The van der Waals surface area contributed by atoms with E-state index >= 15 is 0 Å². The van der Waals surface area contributed by atoms with Crippen molar-refractivity contribution in [3.05, 3.63) is 27.8 Å². The van der Waals surface area contributed by atoms with E-state index in [1.54, 1.807) is 0 Å². The molecule has 5 atom stereocenters. The SMILES string of the molecule is [B]C1CC(OP(OCCC#N)N(C(C)C)C(C)C)C(COC(=O)OC(C)c2cc3c(cc2[N+](=O)[O-])OCO3)O1. The van der Waals surface area contributed by atoms with Gasteiger partial charge in [0.15, 0.2) is 11.5 Å². The smallest absolute Gasteiger partial charge is 0.454 e. The Kier molecular flexibility index (Phi) is 11.2. The van der Waals surface area contributed by atoms with Crippen molar-refractivity contribution in [1.29, 1.82) is 5.26 Å². The molecule has 0 amide bonds. The molecule has 39 heavy (non-hydrogen) atoms. The minimum Gasteiger partial charge on any atom is -0.454 e. The first-order valence-electron chi connectivity index (χ1n) is 12.6. The highest BCUT2D eigenvalue weighted by Crippen LogP contribution is 2.49. The normalized spacial score (nSPS) is 21.7. The number of hydrogen-bond acceptors (Lipinski definition) is 12. The number of carbonyl (C=O) groups is 1. The fourth-order valence-electron chi connectivity index (χ4n) is 4.24. The van der Waals surface area contributed by atoms with Crippen LogP contribution in [0.2, 0.25) is 0 Å². The van der Waals surface area contributed by atoms with E-state index < -0.39 is 43.9 Å². The highest BCUT2D eigenvalue weighted by molar-refractivity contribution is 7.44. The number of ether oxygens (including phenoxy) is 5. The predicted octanol–water partition coefficient (Wildman–Crippen LogP) is 4.48. The monoisotopic (exact) mass is 565 g/mol. The van der Waals surface area contributed by atoms with Gasteiger partial charge in [0.2, 0.25) is 6.79 Å². The second-order valence-electron chi connectivity index (χ2n) is 9.48. The number of nitriles is 1. The van der Waals surface area contributed by atoms with E-state index in [4.69, 9.17) is 45.8 Å². The Bertz CT molecular complexity index is 1050.